The van der Waals surface area contributed by atoms with E-state index >= 15 is 0 Å². The fourth-order valence-electron chi connectivity index (χ4n) is 2.30. The summed E-state index contributed by atoms with van der Waals surface area (Å²) in [5.41, 5.74) is 1.75. The van der Waals surface area contributed by atoms with Gasteiger partial charge in [0.15, 0.2) is 0 Å². The first-order valence-corrected chi connectivity index (χ1v) is 7.52. The van der Waals surface area contributed by atoms with Gasteiger partial charge in [0, 0.05) is 6.54 Å². The van der Waals surface area contributed by atoms with Crippen molar-refractivity contribution in [3.63, 3.8) is 0 Å². The Bertz CT molecular complexity index is 437. The lowest BCUT2D eigenvalue weighted by Gasteiger charge is -2.15. The molecule has 3 heteroatoms. The molecular formula is C17H26N2O. The third kappa shape index (κ3) is 5.22. The van der Waals surface area contributed by atoms with Crippen LogP contribution in [0.3, 0.4) is 0 Å². The lowest BCUT2D eigenvalue weighted by molar-refractivity contribution is 0.410. The van der Waals surface area contributed by atoms with Gasteiger partial charge >= 0.3 is 0 Å². The van der Waals surface area contributed by atoms with Gasteiger partial charge < -0.3 is 10.1 Å². The van der Waals surface area contributed by atoms with Crippen LogP contribution in [0.2, 0.25) is 0 Å². The molecule has 0 aliphatic carbocycles. The van der Waals surface area contributed by atoms with Gasteiger partial charge in [0.05, 0.1) is 12.7 Å². The summed E-state index contributed by atoms with van der Waals surface area (Å²) < 4.78 is 5.23. The summed E-state index contributed by atoms with van der Waals surface area (Å²) >= 11 is 0. The minimum atomic E-state index is 0.589. The van der Waals surface area contributed by atoms with Crippen LogP contribution in [0.5, 0.6) is 5.75 Å². The van der Waals surface area contributed by atoms with Crippen LogP contribution in [0.4, 0.5) is 0 Å². The molecule has 1 unspecified atom stereocenters. The Hall–Kier alpha value is -1.53. The zero-order valence-electron chi connectivity index (χ0n) is 12.9. The zero-order chi connectivity index (χ0) is 14.8. The number of benzene rings is 1. The Morgan fingerprint density at radius 3 is 2.75 bits per heavy atom. The average Bonchev–Trinajstić information content (AvgIpc) is 2.50. The summed E-state index contributed by atoms with van der Waals surface area (Å²) in [6, 6.07) is 7.89. The fraction of sp³-hybridized carbons (Fsp3) is 0.588. The summed E-state index contributed by atoms with van der Waals surface area (Å²) in [6.07, 6.45) is 5.11. The topological polar surface area (TPSA) is 45.0 Å². The highest BCUT2D eigenvalue weighted by Gasteiger charge is 2.06. The van der Waals surface area contributed by atoms with Crippen LogP contribution in [0.1, 0.15) is 50.7 Å². The maximum Gasteiger partial charge on any atom is 0.136 e. The lowest BCUT2D eigenvalue weighted by Crippen LogP contribution is -2.22. The number of hydrogen-bond acceptors (Lipinski definition) is 3. The average molecular weight is 274 g/mol. The molecule has 110 valence electrons. The van der Waals surface area contributed by atoms with E-state index in [-0.39, 0.29) is 0 Å². The zero-order valence-corrected chi connectivity index (χ0v) is 12.9. The highest BCUT2D eigenvalue weighted by molar-refractivity contribution is 5.45. The van der Waals surface area contributed by atoms with Gasteiger partial charge in [0.2, 0.25) is 0 Å². The molecule has 1 N–H and O–H groups in total. The second kappa shape index (κ2) is 9.39. The van der Waals surface area contributed by atoms with E-state index in [1.807, 2.05) is 18.2 Å². The van der Waals surface area contributed by atoms with Crippen LogP contribution in [0, 0.1) is 17.2 Å². The van der Waals surface area contributed by atoms with E-state index in [9.17, 15) is 0 Å². The minimum Gasteiger partial charge on any atom is -0.495 e. The third-order valence-corrected chi connectivity index (χ3v) is 3.69. The van der Waals surface area contributed by atoms with E-state index in [0.29, 0.717) is 11.3 Å². The smallest absolute Gasteiger partial charge is 0.136 e. The quantitative estimate of drug-likeness (QED) is 0.743. The van der Waals surface area contributed by atoms with Crippen LogP contribution in [0.15, 0.2) is 18.2 Å². The predicted octanol–water partition coefficient (Wildman–Crippen LogP) is 3.87. The minimum absolute atomic E-state index is 0.589. The number of nitriles is 1. The van der Waals surface area contributed by atoms with Crippen LogP contribution in [-0.2, 0) is 6.54 Å². The maximum atomic E-state index is 8.96. The van der Waals surface area contributed by atoms with Crippen molar-refractivity contribution < 1.29 is 4.74 Å². The van der Waals surface area contributed by atoms with E-state index in [2.05, 4.69) is 25.2 Å². The molecule has 0 saturated heterocycles. The standard InChI is InChI=1S/C17H26N2O/c1-4-6-7-14(5-2)12-19-13-15-8-9-16(11-18)17(10-15)20-3/h8-10,14,19H,4-7,12-13H2,1-3H3. The molecular weight excluding hydrogens is 248 g/mol. The van der Waals surface area contributed by atoms with Crippen molar-refractivity contribution in [2.75, 3.05) is 13.7 Å². The molecule has 3 nitrogen and oxygen atoms in total. The Morgan fingerprint density at radius 1 is 1.35 bits per heavy atom. The number of nitrogens with zero attached hydrogens (tertiary/aromatic N) is 1. The number of hydrogen-bond donors (Lipinski definition) is 1. The van der Waals surface area contributed by atoms with E-state index in [4.69, 9.17) is 10.00 Å². The van der Waals surface area contributed by atoms with Crippen molar-refractivity contribution in [3.05, 3.63) is 29.3 Å². The van der Waals surface area contributed by atoms with Crippen LogP contribution >= 0.6 is 0 Å². The van der Waals surface area contributed by atoms with Crippen molar-refractivity contribution in [3.8, 4) is 11.8 Å². The molecule has 0 aliphatic heterocycles. The summed E-state index contributed by atoms with van der Waals surface area (Å²) in [5, 5.41) is 12.5. The highest BCUT2D eigenvalue weighted by atomic mass is 16.5. The second-order valence-electron chi connectivity index (χ2n) is 5.19. The highest BCUT2D eigenvalue weighted by Crippen LogP contribution is 2.19. The van der Waals surface area contributed by atoms with Crippen molar-refractivity contribution in [2.24, 2.45) is 5.92 Å². The molecule has 1 atom stereocenters. The van der Waals surface area contributed by atoms with Gasteiger partial charge in [0.1, 0.15) is 11.8 Å². The molecule has 0 bridgehead atoms. The molecule has 1 rings (SSSR count). The van der Waals surface area contributed by atoms with Crippen LogP contribution < -0.4 is 10.1 Å². The Morgan fingerprint density at radius 2 is 2.15 bits per heavy atom. The number of ether oxygens (including phenoxy) is 1. The summed E-state index contributed by atoms with van der Waals surface area (Å²) in [6.45, 7) is 6.37. The summed E-state index contributed by atoms with van der Waals surface area (Å²) in [5.74, 6) is 1.42. The first-order chi connectivity index (χ1) is 9.74. The van der Waals surface area contributed by atoms with E-state index in [0.717, 1.165) is 24.6 Å². The molecule has 0 radical (unpaired) electrons. The van der Waals surface area contributed by atoms with Gasteiger partial charge in [-0.05, 0) is 36.6 Å². The van der Waals surface area contributed by atoms with Crippen LogP contribution in [0.25, 0.3) is 0 Å². The molecule has 1 aromatic rings. The van der Waals surface area contributed by atoms with Crippen molar-refractivity contribution >= 4 is 0 Å². The van der Waals surface area contributed by atoms with Gasteiger partial charge in [-0.2, -0.15) is 5.26 Å². The molecule has 0 fully saturated rings. The van der Waals surface area contributed by atoms with Crippen LogP contribution in [-0.4, -0.2) is 13.7 Å². The molecule has 0 saturated carbocycles. The van der Waals surface area contributed by atoms with Gasteiger partial charge in [-0.25, -0.2) is 0 Å². The normalized spacial score (nSPS) is 11.9. The molecule has 1 aromatic carbocycles. The van der Waals surface area contributed by atoms with E-state index in [1.54, 1.807) is 7.11 Å². The number of rotatable bonds is 9. The first kappa shape index (κ1) is 16.5. The largest absolute Gasteiger partial charge is 0.495 e. The number of unbranched alkanes of at least 4 members (excludes halogenated alkanes) is 1. The van der Waals surface area contributed by atoms with Crippen molar-refractivity contribution in [1.29, 1.82) is 5.26 Å². The Labute approximate surface area is 123 Å². The molecule has 0 heterocycles. The molecule has 0 aliphatic rings. The lowest BCUT2D eigenvalue weighted by atomic mass is 9.99. The van der Waals surface area contributed by atoms with Gasteiger partial charge in [-0.1, -0.05) is 39.2 Å². The second-order valence-corrected chi connectivity index (χ2v) is 5.19. The number of methoxy groups -OCH3 is 1. The molecule has 20 heavy (non-hydrogen) atoms. The number of nitrogens with one attached hydrogen (secondary N) is 1. The monoisotopic (exact) mass is 274 g/mol. The summed E-state index contributed by atoms with van der Waals surface area (Å²) in [4.78, 5) is 0. The molecule has 0 amide bonds. The predicted molar refractivity (Wildman–Crippen MR) is 82.7 cm³/mol. The first-order valence-electron chi connectivity index (χ1n) is 7.52. The Balaban J connectivity index is 2.47. The molecule has 0 aromatic heterocycles. The van der Waals surface area contributed by atoms with Gasteiger partial charge in [0.25, 0.3) is 0 Å². The van der Waals surface area contributed by atoms with Crippen molar-refractivity contribution in [1.82, 2.24) is 5.32 Å². The molecule has 0 spiro atoms. The maximum absolute atomic E-state index is 8.96. The van der Waals surface area contributed by atoms with E-state index < -0.39 is 0 Å². The Kier molecular flexibility index (Phi) is 7.75. The van der Waals surface area contributed by atoms with Gasteiger partial charge in [-0.15, -0.1) is 0 Å². The van der Waals surface area contributed by atoms with Gasteiger partial charge in [-0.3, -0.25) is 0 Å². The fourth-order valence-corrected chi connectivity index (χ4v) is 2.30. The summed E-state index contributed by atoms with van der Waals surface area (Å²) in [7, 11) is 1.60. The van der Waals surface area contributed by atoms with Crippen molar-refractivity contribution in [2.45, 2.75) is 46.1 Å². The third-order valence-electron chi connectivity index (χ3n) is 3.69. The van der Waals surface area contributed by atoms with E-state index in [1.165, 1.54) is 25.7 Å². The SMILES string of the molecule is CCCCC(CC)CNCc1ccc(C#N)c(OC)c1.